The molecule has 0 bridgehead atoms. The van der Waals surface area contributed by atoms with E-state index in [1.807, 2.05) is 6.07 Å². The van der Waals surface area contributed by atoms with Crippen LogP contribution in [0.4, 0.5) is 0 Å². The molecule has 0 radical (unpaired) electrons. The summed E-state index contributed by atoms with van der Waals surface area (Å²) in [5, 5.41) is 19.7. The minimum atomic E-state index is -0.437. The highest BCUT2D eigenvalue weighted by Gasteiger charge is 2.31. The van der Waals surface area contributed by atoms with Crippen molar-refractivity contribution in [2.75, 3.05) is 0 Å². The summed E-state index contributed by atoms with van der Waals surface area (Å²) in [5.41, 5.74) is 6.18. The van der Waals surface area contributed by atoms with Crippen molar-refractivity contribution in [3.8, 4) is 17.2 Å². The largest absolute Gasteiger partial charge is 0.508 e. The molecule has 1 aliphatic heterocycles. The van der Waals surface area contributed by atoms with E-state index in [4.69, 9.17) is 4.74 Å². The van der Waals surface area contributed by atoms with E-state index in [2.05, 4.69) is 52.0 Å². The normalized spacial score (nSPS) is 16.1. The Morgan fingerprint density at radius 1 is 1.13 bits per heavy atom. The average molecular weight is 407 g/mol. The van der Waals surface area contributed by atoms with Crippen molar-refractivity contribution < 1.29 is 19.7 Å². The van der Waals surface area contributed by atoms with Crippen molar-refractivity contribution in [3.05, 3.63) is 75.9 Å². The van der Waals surface area contributed by atoms with Crippen LogP contribution in [0, 0.1) is 6.92 Å². The number of benzene rings is 2. The van der Waals surface area contributed by atoms with Gasteiger partial charge < -0.3 is 14.9 Å². The Balaban J connectivity index is 1.78. The summed E-state index contributed by atoms with van der Waals surface area (Å²) in [7, 11) is 0. The maximum Gasteiger partial charge on any atom is 0.174 e. The lowest BCUT2D eigenvalue weighted by Crippen LogP contribution is -2.20. The standard InChI is InChI=1S/C26H30O4/c1-16(2)6-5-7-17(3)8-10-19-12-20(11-9-18(19)4)24-15-23(29)26-22(28)13-21(27)14-25(26)30-24/h6,8-9,11-14,24,27-28H,5,7,10,15H2,1-4H3/b17-8+/t24-/m0/s1. The number of aromatic hydroxyl groups is 2. The van der Waals surface area contributed by atoms with Crippen LogP contribution in [0.2, 0.25) is 0 Å². The molecular weight excluding hydrogens is 376 g/mol. The van der Waals surface area contributed by atoms with Gasteiger partial charge in [0, 0.05) is 12.1 Å². The summed E-state index contributed by atoms with van der Waals surface area (Å²) in [6.07, 6.45) is 7.18. The molecule has 2 N–H and O–H groups in total. The number of Topliss-reactive ketones (excluding diaryl/α,β-unsaturated/α-hetero) is 1. The molecule has 4 heteroatoms. The minimum Gasteiger partial charge on any atom is -0.508 e. The number of aryl methyl sites for hydroxylation is 1. The molecule has 1 heterocycles. The molecule has 1 aliphatic rings. The number of phenolic OH excluding ortho intramolecular Hbond substituents is 2. The Hall–Kier alpha value is -3.01. The number of hydrogen-bond acceptors (Lipinski definition) is 4. The lowest BCUT2D eigenvalue weighted by molar-refractivity contribution is 0.0845. The number of carbonyl (C=O) groups excluding carboxylic acids is 1. The number of carbonyl (C=O) groups is 1. The van der Waals surface area contributed by atoms with Crippen molar-refractivity contribution in [2.45, 2.75) is 59.5 Å². The van der Waals surface area contributed by atoms with Crippen molar-refractivity contribution in [2.24, 2.45) is 0 Å². The van der Waals surface area contributed by atoms with Crippen LogP contribution in [0.25, 0.3) is 0 Å². The smallest absolute Gasteiger partial charge is 0.174 e. The number of ether oxygens (including phenoxy) is 1. The predicted octanol–water partition coefficient (Wildman–Crippen LogP) is 6.35. The summed E-state index contributed by atoms with van der Waals surface area (Å²) in [5.74, 6) is -0.327. The van der Waals surface area contributed by atoms with E-state index in [0.29, 0.717) is 0 Å². The van der Waals surface area contributed by atoms with Crippen LogP contribution in [0.1, 0.15) is 73.2 Å². The Kier molecular flexibility index (Phi) is 6.66. The monoisotopic (exact) mass is 406 g/mol. The first-order chi connectivity index (χ1) is 14.2. The summed E-state index contributed by atoms with van der Waals surface area (Å²) in [6.45, 7) is 8.49. The number of ketones is 1. The first-order valence-corrected chi connectivity index (χ1v) is 10.4. The van der Waals surface area contributed by atoms with E-state index >= 15 is 0 Å². The summed E-state index contributed by atoms with van der Waals surface area (Å²) in [4.78, 5) is 12.6. The van der Waals surface area contributed by atoms with Gasteiger partial charge in [-0.3, -0.25) is 4.79 Å². The van der Waals surface area contributed by atoms with E-state index in [9.17, 15) is 15.0 Å². The molecule has 0 aliphatic carbocycles. The molecule has 158 valence electrons. The van der Waals surface area contributed by atoms with Gasteiger partial charge in [0.15, 0.2) is 5.78 Å². The fourth-order valence-electron chi connectivity index (χ4n) is 3.70. The second-order valence-electron chi connectivity index (χ2n) is 8.33. The molecule has 0 amide bonds. The molecule has 2 aromatic carbocycles. The molecule has 0 fully saturated rings. The van der Waals surface area contributed by atoms with Crippen molar-refractivity contribution in [1.82, 2.24) is 0 Å². The zero-order chi connectivity index (χ0) is 21.8. The topological polar surface area (TPSA) is 66.8 Å². The van der Waals surface area contributed by atoms with Crippen LogP contribution in [-0.2, 0) is 6.42 Å². The van der Waals surface area contributed by atoms with Gasteiger partial charge in [0.1, 0.15) is 28.9 Å². The highest BCUT2D eigenvalue weighted by molar-refractivity contribution is 6.02. The third kappa shape index (κ3) is 5.12. The zero-order valence-electron chi connectivity index (χ0n) is 18.2. The van der Waals surface area contributed by atoms with Gasteiger partial charge in [0.2, 0.25) is 0 Å². The third-order valence-electron chi connectivity index (χ3n) is 5.49. The SMILES string of the molecule is CC(C)=CCC/C(C)=C/Cc1cc([C@@H]2CC(=O)c3c(O)cc(O)cc3O2)ccc1C. The second kappa shape index (κ2) is 9.21. The molecule has 4 nitrogen and oxygen atoms in total. The highest BCUT2D eigenvalue weighted by Crippen LogP contribution is 2.41. The Labute approximate surface area is 178 Å². The predicted molar refractivity (Wildman–Crippen MR) is 119 cm³/mol. The summed E-state index contributed by atoms with van der Waals surface area (Å²) in [6, 6.07) is 8.68. The molecule has 3 rings (SSSR count). The number of allylic oxidation sites excluding steroid dienone is 4. The van der Waals surface area contributed by atoms with Gasteiger partial charge in [0.25, 0.3) is 0 Å². The number of rotatable bonds is 6. The van der Waals surface area contributed by atoms with Crippen molar-refractivity contribution in [1.29, 1.82) is 0 Å². The molecule has 0 spiro atoms. The molecule has 0 unspecified atom stereocenters. The first-order valence-electron chi connectivity index (χ1n) is 10.4. The Bertz CT molecular complexity index is 1010. The van der Waals surface area contributed by atoms with Gasteiger partial charge in [-0.1, -0.05) is 41.5 Å². The van der Waals surface area contributed by atoms with Crippen molar-refractivity contribution >= 4 is 5.78 Å². The second-order valence-corrected chi connectivity index (χ2v) is 8.33. The van der Waals surface area contributed by atoms with Crippen LogP contribution in [0.5, 0.6) is 17.2 Å². The minimum absolute atomic E-state index is 0.127. The molecule has 1 atom stereocenters. The van der Waals surface area contributed by atoms with Crippen LogP contribution in [-0.4, -0.2) is 16.0 Å². The summed E-state index contributed by atoms with van der Waals surface area (Å²) >= 11 is 0. The van der Waals surface area contributed by atoms with Gasteiger partial charge in [-0.15, -0.1) is 0 Å². The zero-order valence-corrected chi connectivity index (χ0v) is 18.2. The molecule has 0 aromatic heterocycles. The molecular formula is C26H30O4. The van der Waals surface area contributed by atoms with Gasteiger partial charge >= 0.3 is 0 Å². The van der Waals surface area contributed by atoms with Crippen LogP contribution < -0.4 is 4.74 Å². The van der Waals surface area contributed by atoms with Crippen LogP contribution in [0.15, 0.2) is 53.6 Å². The van der Waals surface area contributed by atoms with Crippen LogP contribution >= 0.6 is 0 Å². The average Bonchev–Trinajstić information content (AvgIpc) is 2.66. The maximum atomic E-state index is 12.6. The Morgan fingerprint density at radius 2 is 1.90 bits per heavy atom. The number of fused-ring (bicyclic) bond motifs is 1. The fourth-order valence-corrected chi connectivity index (χ4v) is 3.70. The lowest BCUT2D eigenvalue weighted by atomic mass is 9.92. The van der Waals surface area contributed by atoms with E-state index < -0.39 is 6.10 Å². The van der Waals surface area contributed by atoms with E-state index in [-0.39, 0.29) is 35.0 Å². The first kappa shape index (κ1) is 21.7. The maximum absolute atomic E-state index is 12.6. The third-order valence-corrected chi connectivity index (χ3v) is 5.49. The number of hydrogen-bond donors (Lipinski definition) is 2. The Morgan fingerprint density at radius 3 is 2.63 bits per heavy atom. The van der Waals surface area contributed by atoms with E-state index in [1.165, 1.54) is 28.3 Å². The molecule has 2 aromatic rings. The highest BCUT2D eigenvalue weighted by atomic mass is 16.5. The quantitative estimate of drug-likeness (QED) is 0.549. The molecule has 0 saturated heterocycles. The van der Waals surface area contributed by atoms with Gasteiger partial charge in [-0.05, 0) is 63.6 Å². The van der Waals surface area contributed by atoms with Crippen molar-refractivity contribution in [3.63, 3.8) is 0 Å². The lowest BCUT2D eigenvalue weighted by Gasteiger charge is -2.26. The van der Waals surface area contributed by atoms with E-state index in [0.717, 1.165) is 30.9 Å². The van der Waals surface area contributed by atoms with Crippen LogP contribution in [0.3, 0.4) is 0 Å². The van der Waals surface area contributed by atoms with E-state index in [1.54, 1.807) is 0 Å². The summed E-state index contributed by atoms with van der Waals surface area (Å²) < 4.78 is 5.98. The molecule has 0 saturated carbocycles. The fraction of sp³-hybridized carbons (Fsp3) is 0.346. The number of phenols is 2. The van der Waals surface area contributed by atoms with Gasteiger partial charge in [-0.25, -0.2) is 0 Å². The van der Waals surface area contributed by atoms with Gasteiger partial charge in [-0.2, -0.15) is 0 Å². The molecule has 30 heavy (non-hydrogen) atoms. The van der Waals surface area contributed by atoms with Gasteiger partial charge in [0.05, 0.1) is 6.42 Å².